The van der Waals surface area contributed by atoms with Gasteiger partial charge >= 0.3 is 12.1 Å². The lowest BCUT2D eigenvalue weighted by atomic mass is 9.89. The number of ether oxygens (including phenoxy) is 1. The summed E-state index contributed by atoms with van der Waals surface area (Å²) in [6.45, 7) is 5.41. The van der Waals surface area contributed by atoms with Crippen LogP contribution in [0.2, 0.25) is 0 Å². The zero-order valence-corrected chi connectivity index (χ0v) is 15.0. The van der Waals surface area contributed by atoms with Gasteiger partial charge in [0, 0.05) is 12.1 Å². The van der Waals surface area contributed by atoms with Gasteiger partial charge in [0.15, 0.2) is 0 Å². The smallest absolute Gasteiger partial charge is 0.475 e. The van der Waals surface area contributed by atoms with E-state index in [0.717, 1.165) is 31.5 Å². The van der Waals surface area contributed by atoms with Gasteiger partial charge in [-0.25, -0.2) is 4.79 Å². The molecule has 1 aromatic carbocycles. The highest BCUT2D eigenvalue weighted by atomic mass is 19.4. The second-order valence-electron chi connectivity index (χ2n) is 6.72. The number of rotatable bonds is 1. The van der Waals surface area contributed by atoms with E-state index in [4.69, 9.17) is 14.6 Å². The molecule has 0 aromatic heterocycles. The lowest BCUT2D eigenvalue weighted by molar-refractivity contribution is -0.192. The van der Waals surface area contributed by atoms with Crippen molar-refractivity contribution in [1.29, 1.82) is 0 Å². The molecule has 6 nitrogen and oxygen atoms in total. The molecular formula is C18H23F3N2O4. The van der Waals surface area contributed by atoms with Crippen molar-refractivity contribution >= 4 is 11.9 Å². The van der Waals surface area contributed by atoms with E-state index in [1.165, 1.54) is 0 Å². The van der Waals surface area contributed by atoms with Crippen LogP contribution in [0.4, 0.5) is 13.2 Å². The Bertz CT molecular complexity index is 646. The quantitative estimate of drug-likeness (QED) is 0.772. The van der Waals surface area contributed by atoms with Gasteiger partial charge in [-0.05, 0) is 45.0 Å². The van der Waals surface area contributed by atoms with Crippen LogP contribution < -0.4 is 5.32 Å². The Morgan fingerprint density at radius 1 is 1.22 bits per heavy atom. The number of amides is 1. The van der Waals surface area contributed by atoms with Crippen molar-refractivity contribution in [2.45, 2.75) is 37.6 Å². The van der Waals surface area contributed by atoms with Crippen molar-refractivity contribution < 1.29 is 32.6 Å². The minimum atomic E-state index is -5.08. The largest absolute Gasteiger partial charge is 0.490 e. The van der Waals surface area contributed by atoms with E-state index < -0.39 is 12.1 Å². The van der Waals surface area contributed by atoms with E-state index in [-0.39, 0.29) is 17.6 Å². The van der Waals surface area contributed by atoms with Gasteiger partial charge in [-0.1, -0.05) is 18.2 Å². The van der Waals surface area contributed by atoms with E-state index in [1.54, 1.807) is 0 Å². The summed E-state index contributed by atoms with van der Waals surface area (Å²) >= 11 is 0. The zero-order valence-electron chi connectivity index (χ0n) is 15.0. The summed E-state index contributed by atoms with van der Waals surface area (Å²) in [6, 6.07) is 9.54. The molecule has 2 N–H and O–H groups in total. The molecule has 2 heterocycles. The molecule has 2 aliphatic rings. The van der Waals surface area contributed by atoms with Crippen LogP contribution in [0, 0.1) is 0 Å². The number of carbonyl (C=O) groups excluding carboxylic acids is 1. The number of carbonyl (C=O) groups is 2. The van der Waals surface area contributed by atoms with Gasteiger partial charge in [-0.2, -0.15) is 13.2 Å². The lowest BCUT2D eigenvalue weighted by Gasteiger charge is -2.47. The molecule has 2 aliphatic heterocycles. The summed E-state index contributed by atoms with van der Waals surface area (Å²) < 4.78 is 37.9. The second-order valence-corrected chi connectivity index (χ2v) is 6.72. The van der Waals surface area contributed by atoms with Gasteiger partial charge in [0.05, 0.1) is 18.2 Å². The van der Waals surface area contributed by atoms with E-state index in [0.29, 0.717) is 13.1 Å². The first kappa shape index (κ1) is 21.2. The Labute approximate surface area is 155 Å². The molecule has 2 fully saturated rings. The SMILES string of the molecule is CC1CN(C(=O)c2ccccc2)CC2(CCNCC2)O1.O=C(O)C(F)(F)F. The molecule has 27 heavy (non-hydrogen) atoms. The van der Waals surface area contributed by atoms with Gasteiger partial charge in [0.25, 0.3) is 5.91 Å². The summed E-state index contributed by atoms with van der Waals surface area (Å²) in [5.74, 6) is -2.63. The number of hydrogen-bond donors (Lipinski definition) is 2. The first-order chi connectivity index (χ1) is 12.6. The molecule has 1 unspecified atom stereocenters. The fraction of sp³-hybridized carbons (Fsp3) is 0.556. The summed E-state index contributed by atoms with van der Waals surface area (Å²) in [6.07, 6.45) is -3.01. The van der Waals surface area contributed by atoms with Crippen LogP contribution in [0.15, 0.2) is 30.3 Å². The highest BCUT2D eigenvalue weighted by Crippen LogP contribution is 2.30. The number of morpholine rings is 1. The number of nitrogens with one attached hydrogen (secondary N) is 1. The maximum absolute atomic E-state index is 12.6. The minimum Gasteiger partial charge on any atom is -0.475 e. The molecule has 1 amide bonds. The standard InChI is InChI=1S/C16H22N2O2.C2HF3O2/c1-13-11-18(15(19)14-5-3-2-4-6-14)12-16(20-13)7-9-17-10-8-16;3-2(4,5)1(6)7/h2-6,13,17H,7-12H2,1H3;(H,6,7). The molecule has 2 saturated heterocycles. The summed E-state index contributed by atoms with van der Waals surface area (Å²) in [4.78, 5) is 23.5. The number of nitrogens with zero attached hydrogens (tertiary/aromatic N) is 1. The molecule has 1 spiro atoms. The Morgan fingerprint density at radius 2 is 1.78 bits per heavy atom. The average molecular weight is 388 g/mol. The van der Waals surface area contributed by atoms with Gasteiger partial charge in [-0.3, -0.25) is 4.79 Å². The number of hydrogen-bond acceptors (Lipinski definition) is 4. The van der Waals surface area contributed by atoms with Crippen LogP contribution in [0.1, 0.15) is 30.1 Å². The van der Waals surface area contributed by atoms with Crippen LogP contribution in [0.5, 0.6) is 0 Å². The van der Waals surface area contributed by atoms with E-state index in [9.17, 15) is 18.0 Å². The van der Waals surface area contributed by atoms with Crippen LogP contribution >= 0.6 is 0 Å². The van der Waals surface area contributed by atoms with Crippen LogP contribution in [-0.2, 0) is 9.53 Å². The third-order valence-electron chi connectivity index (χ3n) is 4.47. The van der Waals surface area contributed by atoms with Gasteiger partial charge in [-0.15, -0.1) is 0 Å². The van der Waals surface area contributed by atoms with Gasteiger partial charge in [0.2, 0.25) is 0 Å². The van der Waals surface area contributed by atoms with E-state index >= 15 is 0 Å². The summed E-state index contributed by atoms with van der Waals surface area (Å²) in [5, 5.41) is 10.5. The first-order valence-electron chi connectivity index (χ1n) is 8.66. The number of carboxylic acid groups (broad SMARTS) is 1. The van der Waals surface area contributed by atoms with Crippen molar-refractivity contribution in [3.8, 4) is 0 Å². The first-order valence-corrected chi connectivity index (χ1v) is 8.66. The lowest BCUT2D eigenvalue weighted by Crippen LogP contribution is -2.59. The topological polar surface area (TPSA) is 78.9 Å². The molecule has 0 aliphatic carbocycles. The minimum absolute atomic E-state index is 0.106. The maximum atomic E-state index is 12.6. The molecule has 150 valence electrons. The number of halogens is 3. The highest BCUT2D eigenvalue weighted by molar-refractivity contribution is 5.94. The number of benzene rings is 1. The Hall–Kier alpha value is -2.13. The van der Waals surface area contributed by atoms with Crippen molar-refractivity contribution in [2.24, 2.45) is 0 Å². The van der Waals surface area contributed by atoms with Crippen molar-refractivity contribution in [3.05, 3.63) is 35.9 Å². The van der Waals surface area contributed by atoms with E-state index in [2.05, 4.69) is 12.2 Å². The Morgan fingerprint density at radius 3 is 2.30 bits per heavy atom. The number of aliphatic carboxylic acids is 1. The molecule has 1 atom stereocenters. The third-order valence-corrected chi connectivity index (χ3v) is 4.47. The van der Waals surface area contributed by atoms with Gasteiger partial charge < -0.3 is 20.1 Å². The van der Waals surface area contributed by atoms with Crippen LogP contribution in [0.3, 0.4) is 0 Å². The average Bonchev–Trinajstić information content (AvgIpc) is 2.61. The monoisotopic (exact) mass is 388 g/mol. The number of piperidine rings is 1. The van der Waals surface area contributed by atoms with Crippen LogP contribution in [0.25, 0.3) is 0 Å². The number of carboxylic acids is 1. The zero-order chi connectivity index (χ0) is 20.1. The van der Waals surface area contributed by atoms with Crippen LogP contribution in [-0.4, -0.2) is 65.9 Å². The fourth-order valence-corrected chi connectivity index (χ4v) is 3.30. The predicted octanol–water partition coefficient (Wildman–Crippen LogP) is 2.30. The molecule has 1 aromatic rings. The molecule has 0 radical (unpaired) electrons. The van der Waals surface area contributed by atoms with Crippen molar-refractivity contribution in [1.82, 2.24) is 10.2 Å². The Kier molecular flexibility index (Phi) is 6.83. The molecule has 0 bridgehead atoms. The molecule has 3 rings (SSSR count). The Balaban J connectivity index is 0.000000321. The summed E-state index contributed by atoms with van der Waals surface area (Å²) in [5.41, 5.74) is 0.624. The van der Waals surface area contributed by atoms with Crippen molar-refractivity contribution in [2.75, 3.05) is 26.2 Å². The third kappa shape index (κ3) is 5.93. The number of alkyl halides is 3. The van der Waals surface area contributed by atoms with Gasteiger partial charge in [0.1, 0.15) is 0 Å². The van der Waals surface area contributed by atoms with E-state index in [1.807, 2.05) is 35.2 Å². The predicted molar refractivity (Wildman–Crippen MR) is 91.4 cm³/mol. The second kappa shape index (κ2) is 8.71. The fourth-order valence-electron chi connectivity index (χ4n) is 3.30. The van der Waals surface area contributed by atoms with Crippen molar-refractivity contribution in [3.63, 3.8) is 0 Å². The molecular weight excluding hydrogens is 365 g/mol. The normalized spacial score (nSPS) is 21.9. The maximum Gasteiger partial charge on any atom is 0.490 e. The molecule has 0 saturated carbocycles. The highest BCUT2D eigenvalue weighted by Gasteiger charge is 2.42. The summed E-state index contributed by atoms with van der Waals surface area (Å²) in [7, 11) is 0. The molecule has 9 heteroatoms.